The Hall–Kier alpha value is -1.10. The molecule has 0 aromatic heterocycles. The summed E-state index contributed by atoms with van der Waals surface area (Å²) in [5, 5.41) is 5.17. The van der Waals surface area contributed by atoms with Crippen molar-refractivity contribution in [2.75, 3.05) is 20.1 Å². The molecule has 1 aliphatic rings. The van der Waals surface area contributed by atoms with Crippen LogP contribution < -0.4 is 16.4 Å². The van der Waals surface area contributed by atoms with Gasteiger partial charge < -0.3 is 16.4 Å². The zero-order chi connectivity index (χ0) is 12.7. The second-order valence-corrected chi connectivity index (χ2v) is 4.75. The first-order valence-corrected chi connectivity index (χ1v) is 6.33. The first kappa shape index (κ1) is 14.0. The van der Waals surface area contributed by atoms with Crippen molar-refractivity contribution in [3.63, 3.8) is 0 Å². The quantitative estimate of drug-likeness (QED) is 0.612. The third-order valence-corrected chi connectivity index (χ3v) is 3.62. The summed E-state index contributed by atoms with van der Waals surface area (Å²) in [5.41, 5.74) is 5.33. The van der Waals surface area contributed by atoms with Gasteiger partial charge in [0, 0.05) is 13.6 Å². The molecule has 0 heterocycles. The largest absolute Gasteiger partial charge is 0.358 e. The van der Waals surface area contributed by atoms with Gasteiger partial charge in [0.05, 0.1) is 12.0 Å². The van der Waals surface area contributed by atoms with E-state index in [0.29, 0.717) is 6.54 Å². The molecule has 17 heavy (non-hydrogen) atoms. The number of carbonyl (C=O) groups excluding carboxylic acids is 2. The van der Waals surface area contributed by atoms with E-state index < -0.39 is 5.41 Å². The SMILES string of the molecule is CNC(=O)CNC(=O)C1(CN)CCCCCC1. The first-order valence-electron chi connectivity index (χ1n) is 6.33. The fourth-order valence-corrected chi connectivity index (χ4v) is 2.37. The van der Waals surface area contributed by atoms with E-state index in [1.54, 1.807) is 7.05 Å². The monoisotopic (exact) mass is 241 g/mol. The Morgan fingerprint density at radius 3 is 2.24 bits per heavy atom. The normalized spacial score (nSPS) is 19.2. The maximum absolute atomic E-state index is 12.2. The van der Waals surface area contributed by atoms with Gasteiger partial charge in [-0.15, -0.1) is 0 Å². The van der Waals surface area contributed by atoms with Gasteiger partial charge in [0.2, 0.25) is 11.8 Å². The number of likely N-dealkylation sites (N-methyl/N-ethyl adjacent to an activating group) is 1. The molecule has 98 valence electrons. The Morgan fingerprint density at radius 2 is 1.76 bits per heavy atom. The van der Waals surface area contributed by atoms with Crippen molar-refractivity contribution < 1.29 is 9.59 Å². The summed E-state index contributed by atoms with van der Waals surface area (Å²) in [6.45, 7) is 0.406. The Morgan fingerprint density at radius 1 is 1.18 bits per heavy atom. The van der Waals surface area contributed by atoms with Crippen LogP contribution in [0.25, 0.3) is 0 Å². The number of carbonyl (C=O) groups is 2. The van der Waals surface area contributed by atoms with E-state index in [-0.39, 0.29) is 18.4 Å². The van der Waals surface area contributed by atoms with E-state index in [1.807, 2.05) is 0 Å². The Bertz CT molecular complexity index is 271. The van der Waals surface area contributed by atoms with E-state index in [9.17, 15) is 9.59 Å². The summed E-state index contributed by atoms with van der Waals surface area (Å²) in [5.74, 6) is -0.246. The standard InChI is InChI=1S/C12H23N3O2/c1-14-10(16)8-15-11(17)12(9-13)6-4-2-3-5-7-12/h2-9,13H2,1H3,(H,14,16)(H,15,17). The van der Waals surface area contributed by atoms with Crippen LogP contribution in [0, 0.1) is 5.41 Å². The highest BCUT2D eigenvalue weighted by Gasteiger charge is 2.37. The number of rotatable bonds is 4. The average molecular weight is 241 g/mol. The lowest BCUT2D eigenvalue weighted by atomic mass is 9.79. The molecule has 0 aromatic carbocycles. The Kier molecular flexibility index (Phi) is 5.41. The van der Waals surface area contributed by atoms with Gasteiger partial charge in [0.1, 0.15) is 0 Å². The summed E-state index contributed by atoms with van der Waals surface area (Å²) in [6, 6.07) is 0. The second-order valence-electron chi connectivity index (χ2n) is 4.75. The van der Waals surface area contributed by atoms with Crippen molar-refractivity contribution in [3.05, 3.63) is 0 Å². The van der Waals surface area contributed by atoms with Gasteiger partial charge in [-0.2, -0.15) is 0 Å². The molecule has 0 atom stereocenters. The van der Waals surface area contributed by atoms with Crippen molar-refractivity contribution in [1.82, 2.24) is 10.6 Å². The summed E-state index contributed by atoms with van der Waals surface area (Å²) >= 11 is 0. The lowest BCUT2D eigenvalue weighted by Gasteiger charge is -2.29. The number of amides is 2. The van der Waals surface area contributed by atoms with Gasteiger partial charge in [-0.25, -0.2) is 0 Å². The molecule has 1 saturated carbocycles. The van der Waals surface area contributed by atoms with Crippen LogP contribution in [0.5, 0.6) is 0 Å². The molecule has 1 rings (SSSR count). The minimum Gasteiger partial charge on any atom is -0.358 e. The maximum atomic E-state index is 12.2. The van der Waals surface area contributed by atoms with E-state index in [2.05, 4.69) is 10.6 Å². The molecule has 0 aromatic rings. The predicted octanol–water partition coefficient (Wildman–Crippen LogP) is 0.148. The zero-order valence-corrected chi connectivity index (χ0v) is 10.6. The number of nitrogens with one attached hydrogen (secondary N) is 2. The fourth-order valence-electron chi connectivity index (χ4n) is 2.37. The molecular formula is C12H23N3O2. The molecule has 2 amide bonds. The van der Waals surface area contributed by atoms with Crippen LogP contribution in [0.2, 0.25) is 0 Å². The molecule has 0 spiro atoms. The lowest BCUT2D eigenvalue weighted by Crippen LogP contribution is -2.48. The van der Waals surface area contributed by atoms with Crippen LogP contribution in [0.1, 0.15) is 38.5 Å². The van der Waals surface area contributed by atoms with Crippen LogP contribution in [-0.4, -0.2) is 32.0 Å². The van der Waals surface area contributed by atoms with Gasteiger partial charge in [-0.3, -0.25) is 9.59 Å². The zero-order valence-electron chi connectivity index (χ0n) is 10.6. The lowest BCUT2D eigenvalue weighted by molar-refractivity contribution is -0.133. The van der Waals surface area contributed by atoms with E-state index in [0.717, 1.165) is 25.7 Å². The average Bonchev–Trinajstić information content (AvgIpc) is 2.61. The predicted molar refractivity (Wildman–Crippen MR) is 66.3 cm³/mol. The van der Waals surface area contributed by atoms with Gasteiger partial charge in [0.15, 0.2) is 0 Å². The van der Waals surface area contributed by atoms with Crippen molar-refractivity contribution in [1.29, 1.82) is 0 Å². The molecule has 0 saturated heterocycles. The van der Waals surface area contributed by atoms with Gasteiger partial charge in [-0.05, 0) is 12.8 Å². The molecule has 1 fully saturated rings. The molecular weight excluding hydrogens is 218 g/mol. The molecule has 0 bridgehead atoms. The summed E-state index contributed by atoms with van der Waals surface area (Å²) in [7, 11) is 1.55. The molecule has 0 aliphatic heterocycles. The minimum atomic E-state index is -0.454. The van der Waals surface area contributed by atoms with Crippen molar-refractivity contribution in [3.8, 4) is 0 Å². The third kappa shape index (κ3) is 3.70. The minimum absolute atomic E-state index is 0.0388. The molecule has 5 nitrogen and oxygen atoms in total. The van der Waals surface area contributed by atoms with E-state index in [4.69, 9.17) is 5.73 Å². The molecule has 5 heteroatoms. The van der Waals surface area contributed by atoms with Gasteiger partial charge in [0.25, 0.3) is 0 Å². The third-order valence-electron chi connectivity index (χ3n) is 3.62. The Labute approximate surface area is 103 Å². The van der Waals surface area contributed by atoms with E-state index in [1.165, 1.54) is 12.8 Å². The smallest absolute Gasteiger partial charge is 0.239 e. The molecule has 4 N–H and O–H groups in total. The highest BCUT2D eigenvalue weighted by molar-refractivity contribution is 5.87. The van der Waals surface area contributed by atoms with Gasteiger partial charge in [-0.1, -0.05) is 25.7 Å². The number of hydrogen-bond donors (Lipinski definition) is 3. The summed E-state index contributed by atoms with van der Waals surface area (Å²) < 4.78 is 0. The highest BCUT2D eigenvalue weighted by atomic mass is 16.2. The number of hydrogen-bond acceptors (Lipinski definition) is 3. The van der Waals surface area contributed by atoms with Crippen molar-refractivity contribution in [2.45, 2.75) is 38.5 Å². The number of nitrogens with two attached hydrogens (primary N) is 1. The molecule has 0 radical (unpaired) electrons. The van der Waals surface area contributed by atoms with Crippen LogP contribution in [0.15, 0.2) is 0 Å². The first-order chi connectivity index (χ1) is 8.14. The van der Waals surface area contributed by atoms with Gasteiger partial charge >= 0.3 is 0 Å². The maximum Gasteiger partial charge on any atom is 0.239 e. The molecule has 1 aliphatic carbocycles. The summed E-state index contributed by atoms with van der Waals surface area (Å²) in [6.07, 6.45) is 6.11. The van der Waals surface area contributed by atoms with Crippen LogP contribution in [0.3, 0.4) is 0 Å². The van der Waals surface area contributed by atoms with Crippen LogP contribution >= 0.6 is 0 Å². The van der Waals surface area contributed by atoms with E-state index >= 15 is 0 Å². The topological polar surface area (TPSA) is 84.2 Å². The Balaban J connectivity index is 2.58. The van der Waals surface area contributed by atoms with Crippen molar-refractivity contribution in [2.24, 2.45) is 11.1 Å². The fraction of sp³-hybridized carbons (Fsp3) is 0.833. The van der Waals surface area contributed by atoms with Crippen LogP contribution in [-0.2, 0) is 9.59 Å². The molecule has 0 unspecified atom stereocenters. The second kappa shape index (κ2) is 6.59. The highest BCUT2D eigenvalue weighted by Crippen LogP contribution is 2.34. The van der Waals surface area contributed by atoms with Crippen LogP contribution in [0.4, 0.5) is 0 Å². The van der Waals surface area contributed by atoms with Crippen molar-refractivity contribution >= 4 is 11.8 Å². The summed E-state index contributed by atoms with van der Waals surface area (Å²) in [4.78, 5) is 23.3.